The van der Waals surface area contributed by atoms with Crippen LogP contribution in [0, 0.1) is 0 Å². The first kappa shape index (κ1) is 16.7. The summed E-state index contributed by atoms with van der Waals surface area (Å²) >= 11 is 5.76. The largest absolute Gasteiger partial charge is 0.223 e. The zero-order valence-electron chi connectivity index (χ0n) is 11.9. The van der Waals surface area contributed by atoms with E-state index in [1.165, 1.54) is 28.6 Å². The fourth-order valence-electron chi connectivity index (χ4n) is 2.30. The van der Waals surface area contributed by atoms with E-state index in [1.807, 2.05) is 0 Å². The molecule has 1 aromatic rings. The number of sulfonamides is 1. The molecule has 0 spiro atoms. The Balaban J connectivity index is 2.23. The van der Waals surface area contributed by atoms with Gasteiger partial charge in [0, 0.05) is 18.1 Å². The summed E-state index contributed by atoms with van der Waals surface area (Å²) in [5.41, 5.74) is 0. The van der Waals surface area contributed by atoms with E-state index in [-0.39, 0.29) is 18.0 Å². The Morgan fingerprint density at radius 2 is 1.71 bits per heavy atom. The molecule has 21 heavy (non-hydrogen) atoms. The molecule has 0 aliphatic carbocycles. The lowest BCUT2D eigenvalue weighted by Crippen LogP contribution is -2.36. The highest BCUT2D eigenvalue weighted by Gasteiger charge is 2.39. The minimum absolute atomic E-state index is 0.0193. The Hall–Kier alpha value is -0.630. The minimum atomic E-state index is -3.54. The maximum Gasteiger partial charge on any atom is 0.216 e. The summed E-state index contributed by atoms with van der Waals surface area (Å²) in [7, 11) is -6.95. The van der Waals surface area contributed by atoms with E-state index < -0.39 is 30.4 Å². The SMILES string of the molecule is CC(C)S(=O)(=O)N1CCC(S(=O)(=O)c2ccc(Cl)cc2)C1. The van der Waals surface area contributed by atoms with Crippen molar-refractivity contribution in [3.05, 3.63) is 29.3 Å². The standard InChI is InChI=1S/C13H18ClNO4S2/c1-10(2)21(18,19)15-8-7-13(9-15)20(16,17)12-5-3-11(14)4-6-12/h3-6,10,13H,7-9H2,1-2H3. The van der Waals surface area contributed by atoms with Gasteiger partial charge in [0.1, 0.15) is 0 Å². The summed E-state index contributed by atoms with van der Waals surface area (Å²) in [4.78, 5) is 0.181. The number of nitrogens with zero attached hydrogens (tertiary/aromatic N) is 1. The smallest absolute Gasteiger partial charge is 0.216 e. The lowest BCUT2D eigenvalue weighted by molar-refractivity contribution is 0.469. The van der Waals surface area contributed by atoms with Crippen LogP contribution in [0.3, 0.4) is 0 Å². The number of halogens is 1. The monoisotopic (exact) mass is 351 g/mol. The molecule has 1 unspecified atom stereocenters. The molecule has 5 nitrogen and oxygen atoms in total. The Bertz CT molecular complexity index is 711. The Morgan fingerprint density at radius 1 is 1.14 bits per heavy atom. The second-order valence-corrected chi connectivity index (χ2v) is 10.5. The highest BCUT2D eigenvalue weighted by atomic mass is 35.5. The molecule has 0 aromatic heterocycles. The highest BCUT2D eigenvalue weighted by Crippen LogP contribution is 2.27. The average molecular weight is 352 g/mol. The molecule has 0 radical (unpaired) electrons. The highest BCUT2D eigenvalue weighted by molar-refractivity contribution is 7.92. The predicted molar refractivity (Wildman–Crippen MR) is 82.7 cm³/mol. The summed E-state index contributed by atoms with van der Waals surface area (Å²) in [6, 6.07) is 5.95. The van der Waals surface area contributed by atoms with Gasteiger partial charge in [-0.1, -0.05) is 11.6 Å². The Kier molecular flexibility index (Phi) is 4.68. The summed E-state index contributed by atoms with van der Waals surface area (Å²) in [6.45, 7) is 3.45. The zero-order chi connectivity index (χ0) is 15.8. The van der Waals surface area contributed by atoms with Crippen LogP contribution in [0.4, 0.5) is 0 Å². The average Bonchev–Trinajstić information content (AvgIpc) is 2.89. The third-order valence-electron chi connectivity index (χ3n) is 3.64. The third-order valence-corrected chi connectivity index (χ3v) is 8.33. The van der Waals surface area contributed by atoms with Crippen molar-refractivity contribution in [1.82, 2.24) is 4.31 Å². The van der Waals surface area contributed by atoms with E-state index in [0.717, 1.165) is 0 Å². The summed E-state index contributed by atoms with van der Waals surface area (Å²) in [5.74, 6) is 0. The van der Waals surface area contributed by atoms with Gasteiger partial charge < -0.3 is 0 Å². The van der Waals surface area contributed by atoms with Gasteiger partial charge in [0.25, 0.3) is 0 Å². The van der Waals surface area contributed by atoms with Gasteiger partial charge in [0.15, 0.2) is 9.84 Å². The second-order valence-electron chi connectivity index (χ2n) is 5.36. The molecule has 0 amide bonds. The second kappa shape index (κ2) is 5.87. The van der Waals surface area contributed by atoms with E-state index >= 15 is 0 Å². The van der Waals surface area contributed by atoms with Crippen LogP contribution >= 0.6 is 11.6 Å². The van der Waals surface area contributed by atoms with Crippen LogP contribution < -0.4 is 0 Å². The van der Waals surface area contributed by atoms with Crippen LogP contribution in [0.2, 0.25) is 5.02 Å². The zero-order valence-corrected chi connectivity index (χ0v) is 14.2. The van der Waals surface area contributed by atoms with Gasteiger partial charge >= 0.3 is 0 Å². The Morgan fingerprint density at radius 3 is 2.24 bits per heavy atom. The first-order valence-electron chi connectivity index (χ1n) is 6.64. The lowest BCUT2D eigenvalue weighted by Gasteiger charge is -2.19. The maximum atomic E-state index is 12.5. The molecule has 8 heteroatoms. The van der Waals surface area contributed by atoms with Gasteiger partial charge in [-0.15, -0.1) is 0 Å². The molecule has 0 bridgehead atoms. The maximum absolute atomic E-state index is 12.5. The van der Waals surface area contributed by atoms with Gasteiger partial charge in [-0.3, -0.25) is 0 Å². The van der Waals surface area contributed by atoms with Crippen molar-refractivity contribution >= 4 is 31.5 Å². The van der Waals surface area contributed by atoms with Gasteiger partial charge in [-0.05, 0) is 44.5 Å². The molecule has 0 saturated carbocycles. The molecule has 1 aliphatic rings. The van der Waals surface area contributed by atoms with Gasteiger partial charge in [-0.25, -0.2) is 21.1 Å². The van der Waals surface area contributed by atoms with Crippen molar-refractivity contribution in [1.29, 1.82) is 0 Å². The number of benzene rings is 1. The third kappa shape index (κ3) is 3.26. The molecular weight excluding hydrogens is 334 g/mol. The summed E-state index contributed by atoms with van der Waals surface area (Å²) < 4.78 is 50.5. The Labute approximate surface area is 130 Å². The van der Waals surface area contributed by atoms with Crippen molar-refractivity contribution in [2.75, 3.05) is 13.1 Å². The molecular formula is C13H18ClNO4S2. The van der Waals surface area contributed by atoms with E-state index in [1.54, 1.807) is 13.8 Å². The molecule has 1 aliphatic heterocycles. The van der Waals surface area contributed by atoms with E-state index in [0.29, 0.717) is 11.4 Å². The van der Waals surface area contributed by atoms with E-state index in [9.17, 15) is 16.8 Å². The van der Waals surface area contributed by atoms with Crippen LogP contribution in [-0.2, 0) is 19.9 Å². The first-order valence-corrected chi connectivity index (χ1v) is 10.1. The molecule has 0 N–H and O–H groups in total. The van der Waals surface area contributed by atoms with Crippen molar-refractivity contribution in [2.45, 2.75) is 35.7 Å². The van der Waals surface area contributed by atoms with Crippen molar-refractivity contribution in [2.24, 2.45) is 0 Å². The number of hydrogen-bond acceptors (Lipinski definition) is 4. The summed E-state index contributed by atoms with van der Waals surface area (Å²) in [5, 5.41) is -0.786. The van der Waals surface area contributed by atoms with Crippen molar-refractivity contribution in [3.8, 4) is 0 Å². The van der Waals surface area contributed by atoms with Gasteiger partial charge in [0.05, 0.1) is 15.4 Å². The normalized spacial score (nSPS) is 21.0. The van der Waals surface area contributed by atoms with Crippen LogP contribution in [0.5, 0.6) is 0 Å². The molecule has 2 rings (SSSR count). The minimum Gasteiger partial charge on any atom is -0.223 e. The number of rotatable bonds is 4. The van der Waals surface area contributed by atoms with E-state index in [4.69, 9.17) is 11.6 Å². The quantitative estimate of drug-likeness (QED) is 0.830. The molecule has 1 heterocycles. The predicted octanol–water partition coefficient (Wildman–Crippen LogP) is 1.93. The van der Waals surface area contributed by atoms with Crippen LogP contribution in [0.1, 0.15) is 20.3 Å². The fraction of sp³-hybridized carbons (Fsp3) is 0.538. The van der Waals surface area contributed by atoms with Crippen molar-refractivity contribution < 1.29 is 16.8 Å². The fourth-order valence-corrected chi connectivity index (χ4v) is 5.55. The topological polar surface area (TPSA) is 71.5 Å². The number of hydrogen-bond donors (Lipinski definition) is 0. The van der Waals surface area contributed by atoms with Gasteiger partial charge in [0.2, 0.25) is 10.0 Å². The van der Waals surface area contributed by atoms with Gasteiger partial charge in [-0.2, -0.15) is 0 Å². The first-order chi connectivity index (χ1) is 9.65. The molecule has 1 aromatic carbocycles. The molecule has 1 saturated heterocycles. The van der Waals surface area contributed by atoms with Crippen molar-refractivity contribution in [3.63, 3.8) is 0 Å². The summed E-state index contributed by atoms with van der Waals surface area (Å²) in [6.07, 6.45) is 0.316. The molecule has 1 fully saturated rings. The molecule has 118 valence electrons. The molecule has 1 atom stereocenters. The number of sulfone groups is 1. The van der Waals surface area contributed by atoms with Crippen LogP contribution in [0.15, 0.2) is 29.2 Å². The van der Waals surface area contributed by atoms with E-state index in [2.05, 4.69) is 0 Å². The van der Waals surface area contributed by atoms with Crippen LogP contribution in [-0.4, -0.2) is 44.7 Å². The lowest BCUT2D eigenvalue weighted by atomic mass is 10.4. The van der Waals surface area contributed by atoms with Crippen LogP contribution in [0.25, 0.3) is 0 Å².